The Morgan fingerprint density at radius 2 is 1.58 bits per heavy atom. The van der Waals surface area contributed by atoms with Crippen molar-refractivity contribution < 1.29 is 5.11 Å². The molecule has 98 valence electrons. The normalized spacial score (nSPS) is 14.9. The predicted molar refractivity (Wildman–Crippen MR) is 82.7 cm³/mol. The summed E-state index contributed by atoms with van der Waals surface area (Å²) in [6.45, 7) is 2.17. The number of phenols is 1. The van der Waals surface area contributed by atoms with Crippen LogP contribution in [0.25, 0.3) is 11.1 Å². The fourth-order valence-corrected chi connectivity index (χ4v) is 3.31. The molecule has 3 rings (SSSR count). The molecule has 0 amide bonds. The van der Waals surface area contributed by atoms with Crippen LogP contribution in [0, 0.1) is 0 Å². The number of nitrogens with zero attached hydrogens (tertiary/aromatic N) is 1. The van der Waals surface area contributed by atoms with Crippen molar-refractivity contribution >= 4 is 21.6 Å². The van der Waals surface area contributed by atoms with Crippen LogP contribution in [0.1, 0.15) is 12.8 Å². The summed E-state index contributed by atoms with van der Waals surface area (Å²) in [5.74, 6) is 0.334. The van der Waals surface area contributed by atoms with Gasteiger partial charge in [0.1, 0.15) is 5.75 Å². The Hall–Kier alpha value is -1.48. The van der Waals surface area contributed by atoms with Crippen LogP contribution in [-0.4, -0.2) is 18.2 Å². The van der Waals surface area contributed by atoms with Crippen molar-refractivity contribution in [3.05, 3.63) is 46.9 Å². The maximum atomic E-state index is 10.1. The van der Waals surface area contributed by atoms with Crippen molar-refractivity contribution in [1.82, 2.24) is 0 Å². The molecule has 0 saturated carbocycles. The van der Waals surface area contributed by atoms with E-state index in [2.05, 4.69) is 33.0 Å². The second-order valence-electron chi connectivity index (χ2n) is 4.85. The van der Waals surface area contributed by atoms with Gasteiger partial charge in [0.25, 0.3) is 0 Å². The standard InChI is InChI=1S/C16H16BrNO/c17-14-8-5-7-13(12-6-1-2-9-15(12)19)16(14)18-10-3-4-11-18/h1-2,5-9,19H,3-4,10-11H2. The van der Waals surface area contributed by atoms with Crippen molar-refractivity contribution in [1.29, 1.82) is 0 Å². The second kappa shape index (κ2) is 5.25. The van der Waals surface area contributed by atoms with Crippen molar-refractivity contribution in [3.63, 3.8) is 0 Å². The molecule has 0 radical (unpaired) electrons. The van der Waals surface area contributed by atoms with E-state index < -0.39 is 0 Å². The molecular weight excluding hydrogens is 302 g/mol. The van der Waals surface area contributed by atoms with Crippen molar-refractivity contribution in [2.24, 2.45) is 0 Å². The van der Waals surface area contributed by atoms with Crippen molar-refractivity contribution in [2.75, 3.05) is 18.0 Å². The molecule has 0 bridgehead atoms. The average Bonchev–Trinajstić information content (AvgIpc) is 2.92. The predicted octanol–water partition coefficient (Wildman–Crippen LogP) is 4.42. The lowest BCUT2D eigenvalue weighted by atomic mass is 10.0. The number of benzene rings is 2. The Morgan fingerprint density at radius 1 is 0.895 bits per heavy atom. The van der Waals surface area contributed by atoms with Crippen LogP contribution >= 0.6 is 15.9 Å². The molecule has 1 aliphatic rings. The van der Waals surface area contributed by atoms with Gasteiger partial charge in [-0.05, 0) is 40.9 Å². The third-order valence-electron chi connectivity index (χ3n) is 3.60. The highest BCUT2D eigenvalue weighted by Crippen LogP contribution is 2.41. The van der Waals surface area contributed by atoms with Crippen LogP contribution in [0.15, 0.2) is 46.9 Å². The maximum Gasteiger partial charge on any atom is 0.123 e. The van der Waals surface area contributed by atoms with Gasteiger partial charge in [0.2, 0.25) is 0 Å². The molecule has 2 nitrogen and oxygen atoms in total. The fourth-order valence-electron chi connectivity index (χ4n) is 2.70. The van der Waals surface area contributed by atoms with Crippen molar-refractivity contribution in [2.45, 2.75) is 12.8 Å². The van der Waals surface area contributed by atoms with Gasteiger partial charge < -0.3 is 10.0 Å². The molecule has 0 unspecified atom stereocenters. The van der Waals surface area contributed by atoms with E-state index in [1.165, 1.54) is 18.5 Å². The summed E-state index contributed by atoms with van der Waals surface area (Å²) < 4.78 is 1.09. The van der Waals surface area contributed by atoms with Crippen LogP contribution in [0.3, 0.4) is 0 Å². The number of hydrogen-bond donors (Lipinski definition) is 1. The zero-order valence-corrected chi connectivity index (χ0v) is 12.2. The lowest BCUT2D eigenvalue weighted by Crippen LogP contribution is -2.19. The molecule has 0 aliphatic carbocycles. The number of rotatable bonds is 2. The van der Waals surface area contributed by atoms with Gasteiger partial charge in [-0.2, -0.15) is 0 Å². The number of anilines is 1. The van der Waals surface area contributed by atoms with Gasteiger partial charge in [-0.25, -0.2) is 0 Å². The van der Waals surface area contributed by atoms with Crippen LogP contribution < -0.4 is 4.90 Å². The first kappa shape index (κ1) is 12.5. The van der Waals surface area contributed by atoms with Crippen LogP contribution in [0.2, 0.25) is 0 Å². The smallest absolute Gasteiger partial charge is 0.123 e. The highest BCUT2D eigenvalue weighted by atomic mass is 79.9. The molecule has 2 aromatic carbocycles. The molecule has 1 saturated heterocycles. The minimum atomic E-state index is 0.334. The molecule has 1 N–H and O–H groups in total. The Kier molecular flexibility index (Phi) is 3.47. The van der Waals surface area contributed by atoms with E-state index in [4.69, 9.17) is 0 Å². The van der Waals surface area contributed by atoms with Crippen LogP contribution in [-0.2, 0) is 0 Å². The summed E-state index contributed by atoms with van der Waals surface area (Å²) in [6.07, 6.45) is 2.48. The zero-order chi connectivity index (χ0) is 13.2. The molecule has 2 aromatic rings. The minimum absolute atomic E-state index is 0.334. The van der Waals surface area contributed by atoms with Gasteiger partial charge >= 0.3 is 0 Å². The first-order chi connectivity index (χ1) is 9.27. The molecular formula is C16H16BrNO. The first-order valence-electron chi connectivity index (χ1n) is 6.59. The highest BCUT2D eigenvalue weighted by molar-refractivity contribution is 9.10. The lowest BCUT2D eigenvalue weighted by molar-refractivity contribution is 0.477. The van der Waals surface area contributed by atoms with E-state index in [9.17, 15) is 5.11 Å². The lowest BCUT2D eigenvalue weighted by Gasteiger charge is -2.23. The highest BCUT2D eigenvalue weighted by Gasteiger charge is 2.20. The molecule has 0 atom stereocenters. The van der Waals surface area contributed by atoms with Gasteiger partial charge in [-0.1, -0.05) is 30.3 Å². The first-order valence-corrected chi connectivity index (χ1v) is 7.38. The van der Waals surface area contributed by atoms with Crippen molar-refractivity contribution in [3.8, 4) is 16.9 Å². The molecule has 0 spiro atoms. The zero-order valence-electron chi connectivity index (χ0n) is 10.6. The van der Waals surface area contributed by atoms with E-state index in [1.54, 1.807) is 6.07 Å². The quantitative estimate of drug-likeness (QED) is 0.886. The summed E-state index contributed by atoms with van der Waals surface area (Å²) in [5, 5.41) is 10.1. The Morgan fingerprint density at radius 3 is 2.32 bits per heavy atom. The minimum Gasteiger partial charge on any atom is -0.507 e. The molecule has 1 fully saturated rings. The van der Waals surface area contributed by atoms with Crippen LogP contribution in [0.4, 0.5) is 5.69 Å². The number of phenolic OH excluding ortho intramolecular Hbond substituents is 1. The third kappa shape index (κ3) is 2.35. The Labute approximate surface area is 121 Å². The van der Waals surface area contributed by atoms with Gasteiger partial charge in [-0.3, -0.25) is 0 Å². The van der Waals surface area contributed by atoms with Gasteiger partial charge in [-0.15, -0.1) is 0 Å². The maximum absolute atomic E-state index is 10.1. The Balaban J connectivity index is 2.16. The monoisotopic (exact) mass is 317 g/mol. The van der Waals surface area contributed by atoms with Gasteiger partial charge in [0.15, 0.2) is 0 Å². The molecule has 1 aliphatic heterocycles. The summed E-state index contributed by atoms with van der Waals surface area (Å²) >= 11 is 3.66. The summed E-state index contributed by atoms with van der Waals surface area (Å²) in [7, 11) is 0. The molecule has 0 aromatic heterocycles. The average molecular weight is 318 g/mol. The van der Waals surface area contributed by atoms with E-state index in [0.29, 0.717) is 5.75 Å². The Bertz CT molecular complexity index is 591. The van der Waals surface area contributed by atoms with Crippen LogP contribution in [0.5, 0.6) is 5.75 Å². The van der Waals surface area contributed by atoms with E-state index >= 15 is 0 Å². The number of hydrogen-bond acceptors (Lipinski definition) is 2. The number of halogens is 1. The molecule has 19 heavy (non-hydrogen) atoms. The summed E-state index contributed by atoms with van der Waals surface area (Å²) in [4.78, 5) is 2.39. The van der Waals surface area contributed by atoms with E-state index in [0.717, 1.165) is 28.7 Å². The van der Waals surface area contributed by atoms with E-state index in [1.807, 2.05) is 24.3 Å². The molecule has 3 heteroatoms. The molecule has 1 heterocycles. The topological polar surface area (TPSA) is 23.5 Å². The number of aromatic hydroxyl groups is 1. The summed E-state index contributed by atoms with van der Waals surface area (Å²) in [5.41, 5.74) is 3.18. The van der Waals surface area contributed by atoms with Gasteiger partial charge in [0, 0.05) is 28.7 Å². The largest absolute Gasteiger partial charge is 0.507 e. The second-order valence-corrected chi connectivity index (χ2v) is 5.70. The van der Waals surface area contributed by atoms with Gasteiger partial charge in [0.05, 0.1) is 5.69 Å². The summed E-state index contributed by atoms with van der Waals surface area (Å²) in [6, 6.07) is 13.7. The third-order valence-corrected chi connectivity index (χ3v) is 4.24. The van der Waals surface area contributed by atoms with E-state index in [-0.39, 0.29) is 0 Å². The fraction of sp³-hybridized carbons (Fsp3) is 0.250. The number of para-hydroxylation sites is 2. The SMILES string of the molecule is Oc1ccccc1-c1cccc(Br)c1N1CCCC1.